The number of para-hydroxylation sites is 1. The highest BCUT2D eigenvalue weighted by Gasteiger charge is 2.29. The van der Waals surface area contributed by atoms with Gasteiger partial charge in [-0.25, -0.2) is 9.78 Å². The third-order valence-corrected chi connectivity index (χ3v) is 10.6. The zero-order valence-corrected chi connectivity index (χ0v) is 24.3. The molecule has 2 aliphatic rings. The summed E-state index contributed by atoms with van der Waals surface area (Å²) >= 11 is 4.30. The van der Waals surface area contributed by atoms with Crippen molar-refractivity contribution in [2.75, 3.05) is 17.7 Å². The number of amides is 1. The fraction of sp³-hybridized carbons (Fsp3) is 0.379. The third kappa shape index (κ3) is 4.94. The number of nitrogens with zero attached hydrogens (tertiary/aromatic N) is 2. The maximum Gasteiger partial charge on any atom is 0.341 e. The van der Waals surface area contributed by atoms with Crippen molar-refractivity contribution in [3.05, 3.63) is 67.1 Å². The molecule has 202 valence electrons. The van der Waals surface area contributed by atoms with E-state index in [0.717, 1.165) is 65.0 Å². The van der Waals surface area contributed by atoms with Gasteiger partial charge >= 0.3 is 5.97 Å². The summed E-state index contributed by atoms with van der Waals surface area (Å²) in [6.07, 6.45) is 5.67. The zero-order chi connectivity index (χ0) is 27.1. The Bertz CT molecular complexity index is 1640. The van der Waals surface area contributed by atoms with Gasteiger partial charge in [0.05, 0.1) is 29.0 Å². The fourth-order valence-electron chi connectivity index (χ4n) is 5.48. The molecule has 0 radical (unpaired) electrons. The van der Waals surface area contributed by atoms with Crippen LogP contribution in [0.4, 0.5) is 5.00 Å². The number of esters is 1. The number of carbonyl (C=O) groups is 2. The van der Waals surface area contributed by atoms with E-state index in [4.69, 9.17) is 9.72 Å². The molecule has 1 atom stereocenters. The molecule has 1 N–H and O–H groups in total. The summed E-state index contributed by atoms with van der Waals surface area (Å²) in [5.74, 6) is -0.0420. The van der Waals surface area contributed by atoms with E-state index in [2.05, 4.69) is 12.2 Å². The Labute approximate surface area is 238 Å². The maximum absolute atomic E-state index is 13.8. The number of hydrogen-bond donors (Lipinski definition) is 1. The Kier molecular flexibility index (Phi) is 7.35. The van der Waals surface area contributed by atoms with Gasteiger partial charge in [0.1, 0.15) is 9.83 Å². The van der Waals surface area contributed by atoms with Gasteiger partial charge in [0.25, 0.3) is 5.56 Å². The van der Waals surface area contributed by atoms with Gasteiger partial charge in [-0.05, 0) is 74.6 Å². The van der Waals surface area contributed by atoms with Gasteiger partial charge in [-0.3, -0.25) is 14.2 Å². The Morgan fingerprint density at radius 2 is 1.95 bits per heavy atom. The number of rotatable bonds is 7. The Morgan fingerprint density at radius 1 is 1.13 bits per heavy atom. The molecular weight excluding hydrogens is 551 g/mol. The molecule has 1 aromatic carbocycles. The summed E-state index contributed by atoms with van der Waals surface area (Å²) in [6.45, 7) is 4.27. The molecule has 0 spiro atoms. The number of aryl methyl sites for hydroxylation is 2. The van der Waals surface area contributed by atoms with Crippen LogP contribution < -0.4 is 10.9 Å². The van der Waals surface area contributed by atoms with Crippen LogP contribution >= 0.6 is 34.4 Å². The molecule has 6 rings (SSSR count). The molecule has 1 amide bonds. The molecule has 10 heteroatoms. The predicted molar refractivity (Wildman–Crippen MR) is 158 cm³/mol. The molecular formula is C29H29N3O4S3. The quantitative estimate of drug-likeness (QED) is 0.163. The minimum atomic E-state index is -0.386. The molecule has 3 heterocycles. The van der Waals surface area contributed by atoms with Gasteiger partial charge in [0.15, 0.2) is 5.16 Å². The van der Waals surface area contributed by atoms with Crippen LogP contribution in [0.25, 0.3) is 15.9 Å². The summed E-state index contributed by atoms with van der Waals surface area (Å²) in [6, 6.07) is 9.46. The second-order valence-corrected chi connectivity index (χ2v) is 13.2. The van der Waals surface area contributed by atoms with Crippen LogP contribution in [0.1, 0.15) is 57.9 Å². The van der Waals surface area contributed by atoms with Crippen LogP contribution in [0.3, 0.4) is 0 Å². The molecule has 0 fully saturated rings. The lowest BCUT2D eigenvalue weighted by Gasteiger charge is -2.18. The number of fused-ring (bicyclic) bond motifs is 4. The SMILES string of the molecule is CCOC(=O)c1c(NC(=O)CSc2nc3sc4c(c3c(=O)n2-c2ccccc2)CCC4)sc2c1CCC(C)C2. The number of ether oxygens (including phenoxy) is 1. The highest BCUT2D eigenvalue weighted by atomic mass is 32.2. The lowest BCUT2D eigenvalue weighted by atomic mass is 9.88. The number of hydrogen-bond acceptors (Lipinski definition) is 8. The zero-order valence-electron chi connectivity index (χ0n) is 21.9. The van der Waals surface area contributed by atoms with E-state index in [1.165, 1.54) is 28.0 Å². The number of carbonyl (C=O) groups excluding carboxylic acids is 2. The van der Waals surface area contributed by atoms with Crippen molar-refractivity contribution in [3.8, 4) is 5.69 Å². The Hall–Kier alpha value is -2.95. The summed E-state index contributed by atoms with van der Waals surface area (Å²) in [7, 11) is 0. The number of thiophene rings is 2. The van der Waals surface area contributed by atoms with E-state index in [1.807, 2.05) is 30.3 Å². The first-order valence-electron chi connectivity index (χ1n) is 13.3. The molecule has 2 aliphatic carbocycles. The average Bonchev–Trinajstić information content (AvgIpc) is 3.60. The second-order valence-electron chi connectivity index (χ2n) is 10.0. The number of nitrogens with one attached hydrogen (secondary N) is 1. The van der Waals surface area contributed by atoms with Crippen LogP contribution in [-0.4, -0.2) is 33.8 Å². The molecule has 7 nitrogen and oxygen atoms in total. The number of aromatic nitrogens is 2. The molecule has 0 saturated heterocycles. The molecule has 0 saturated carbocycles. The van der Waals surface area contributed by atoms with Crippen LogP contribution in [0.2, 0.25) is 0 Å². The summed E-state index contributed by atoms with van der Waals surface area (Å²) in [5.41, 5.74) is 3.28. The van der Waals surface area contributed by atoms with E-state index in [-0.39, 0.29) is 29.8 Å². The first-order valence-corrected chi connectivity index (χ1v) is 15.9. The van der Waals surface area contributed by atoms with Crippen LogP contribution in [0.15, 0.2) is 40.3 Å². The predicted octanol–water partition coefficient (Wildman–Crippen LogP) is 6.03. The first kappa shape index (κ1) is 26.3. The van der Waals surface area contributed by atoms with E-state index < -0.39 is 0 Å². The average molecular weight is 580 g/mol. The highest BCUT2D eigenvalue weighted by molar-refractivity contribution is 7.99. The Balaban J connectivity index is 1.30. The highest BCUT2D eigenvalue weighted by Crippen LogP contribution is 2.40. The van der Waals surface area contributed by atoms with E-state index >= 15 is 0 Å². The van der Waals surface area contributed by atoms with Crippen molar-refractivity contribution in [2.24, 2.45) is 5.92 Å². The summed E-state index contributed by atoms with van der Waals surface area (Å²) in [4.78, 5) is 47.9. The number of benzene rings is 1. The van der Waals surface area contributed by atoms with E-state index in [1.54, 1.807) is 22.8 Å². The normalized spacial score (nSPS) is 16.2. The molecule has 0 aliphatic heterocycles. The largest absolute Gasteiger partial charge is 0.462 e. The summed E-state index contributed by atoms with van der Waals surface area (Å²) in [5, 5.41) is 4.73. The molecule has 3 aromatic heterocycles. The minimum absolute atomic E-state index is 0.0527. The van der Waals surface area contributed by atoms with Crippen molar-refractivity contribution < 1.29 is 14.3 Å². The Morgan fingerprint density at radius 3 is 2.74 bits per heavy atom. The smallest absolute Gasteiger partial charge is 0.341 e. The van der Waals surface area contributed by atoms with Gasteiger partial charge in [0, 0.05) is 9.75 Å². The van der Waals surface area contributed by atoms with Crippen molar-refractivity contribution in [2.45, 2.75) is 57.5 Å². The molecule has 1 unspecified atom stereocenters. The van der Waals surface area contributed by atoms with Crippen molar-refractivity contribution in [3.63, 3.8) is 0 Å². The van der Waals surface area contributed by atoms with Gasteiger partial charge in [-0.1, -0.05) is 36.9 Å². The molecule has 39 heavy (non-hydrogen) atoms. The lowest BCUT2D eigenvalue weighted by Crippen LogP contribution is -2.23. The molecule has 0 bridgehead atoms. The van der Waals surface area contributed by atoms with Crippen molar-refractivity contribution in [1.29, 1.82) is 0 Å². The van der Waals surface area contributed by atoms with Crippen LogP contribution in [0.5, 0.6) is 0 Å². The topological polar surface area (TPSA) is 90.3 Å². The first-order chi connectivity index (χ1) is 18.9. The van der Waals surface area contributed by atoms with Gasteiger partial charge in [-0.2, -0.15) is 0 Å². The third-order valence-electron chi connectivity index (χ3n) is 7.30. The van der Waals surface area contributed by atoms with Gasteiger partial charge < -0.3 is 10.1 Å². The van der Waals surface area contributed by atoms with Gasteiger partial charge in [0.2, 0.25) is 5.91 Å². The van der Waals surface area contributed by atoms with Crippen molar-refractivity contribution in [1.82, 2.24) is 9.55 Å². The van der Waals surface area contributed by atoms with E-state index in [9.17, 15) is 14.4 Å². The second kappa shape index (κ2) is 10.9. The summed E-state index contributed by atoms with van der Waals surface area (Å²) < 4.78 is 6.97. The van der Waals surface area contributed by atoms with E-state index in [0.29, 0.717) is 27.0 Å². The number of anilines is 1. The van der Waals surface area contributed by atoms with Gasteiger partial charge in [-0.15, -0.1) is 22.7 Å². The standard InChI is InChI=1S/C29H29N3O4S3/c1-3-36-28(35)24-19-13-12-16(2)14-21(19)39-26(24)30-22(33)15-37-29-31-25-23(18-10-7-11-20(18)38-25)27(34)32(29)17-8-5-4-6-9-17/h4-6,8-9,16H,3,7,10-15H2,1-2H3,(H,30,33). The fourth-order valence-corrected chi connectivity index (χ4v) is 9.01. The monoisotopic (exact) mass is 579 g/mol. The number of thioether (sulfide) groups is 1. The van der Waals surface area contributed by atoms with Crippen molar-refractivity contribution >= 4 is 61.5 Å². The maximum atomic E-state index is 13.8. The minimum Gasteiger partial charge on any atom is -0.462 e. The molecule has 4 aromatic rings. The van der Waals surface area contributed by atoms with Crippen LogP contribution in [0, 0.1) is 5.92 Å². The lowest BCUT2D eigenvalue weighted by molar-refractivity contribution is -0.113. The van der Waals surface area contributed by atoms with Crippen LogP contribution in [-0.2, 0) is 35.2 Å².